The first-order valence-corrected chi connectivity index (χ1v) is 7.40. The SMILES string of the molecule is CC1(C)OC[C@H]([C@H](NCc2ccccc2)[C@@H](O)CCO)O1. The molecule has 0 saturated carbocycles. The molecule has 21 heavy (non-hydrogen) atoms. The predicted octanol–water partition coefficient (Wildman–Crippen LogP) is 1.04. The molecule has 0 bridgehead atoms. The highest BCUT2D eigenvalue weighted by Gasteiger charge is 2.39. The van der Waals surface area contributed by atoms with Crippen LogP contribution in [0.25, 0.3) is 0 Å². The first-order valence-electron chi connectivity index (χ1n) is 7.40. The average Bonchev–Trinajstić information content (AvgIpc) is 2.81. The largest absolute Gasteiger partial charge is 0.396 e. The monoisotopic (exact) mass is 295 g/mol. The molecule has 0 aromatic heterocycles. The third kappa shape index (κ3) is 4.76. The van der Waals surface area contributed by atoms with E-state index in [2.05, 4.69) is 5.32 Å². The molecule has 1 aromatic rings. The Balaban J connectivity index is 1.99. The fourth-order valence-electron chi connectivity index (χ4n) is 2.55. The zero-order valence-corrected chi connectivity index (χ0v) is 12.7. The van der Waals surface area contributed by atoms with E-state index < -0.39 is 11.9 Å². The zero-order valence-electron chi connectivity index (χ0n) is 12.7. The molecular formula is C16H25NO4. The summed E-state index contributed by atoms with van der Waals surface area (Å²) >= 11 is 0. The number of aliphatic hydroxyl groups excluding tert-OH is 2. The van der Waals surface area contributed by atoms with E-state index in [0.29, 0.717) is 19.6 Å². The van der Waals surface area contributed by atoms with Crippen molar-refractivity contribution in [3.8, 4) is 0 Å². The highest BCUT2D eigenvalue weighted by atomic mass is 16.7. The van der Waals surface area contributed by atoms with E-state index in [1.54, 1.807) is 0 Å². The maximum absolute atomic E-state index is 10.3. The van der Waals surface area contributed by atoms with E-state index in [9.17, 15) is 5.11 Å². The lowest BCUT2D eigenvalue weighted by Crippen LogP contribution is -2.50. The Hall–Kier alpha value is -0.980. The summed E-state index contributed by atoms with van der Waals surface area (Å²) < 4.78 is 11.4. The van der Waals surface area contributed by atoms with Crippen LogP contribution in [0.3, 0.4) is 0 Å². The molecule has 1 aromatic carbocycles. The Kier molecular flexibility index (Phi) is 5.72. The summed E-state index contributed by atoms with van der Waals surface area (Å²) in [6.45, 7) is 4.73. The topological polar surface area (TPSA) is 71.0 Å². The molecule has 0 spiro atoms. The number of hydrogen-bond acceptors (Lipinski definition) is 5. The summed E-state index contributed by atoms with van der Waals surface area (Å²) in [5, 5.41) is 22.7. The summed E-state index contributed by atoms with van der Waals surface area (Å²) in [6, 6.07) is 9.71. The van der Waals surface area contributed by atoms with Gasteiger partial charge in [0.2, 0.25) is 0 Å². The van der Waals surface area contributed by atoms with Gasteiger partial charge in [-0.1, -0.05) is 30.3 Å². The van der Waals surface area contributed by atoms with Crippen LogP contribution in [0.2, 0.25) is 0 Å². The van der Waals surface area contributed by atoms with Gasteiger partial charge in [0.25, 0.3) is 0 Å². The van der Waals surface area contributed by atoms with Crippen molar-refractivity contribution in [2.45, 2.75) is 50.8 Å². The summed E-state index contributed by atoms with van der Waals surface area (Å²) in [6.07, 6.45) is -0.598. The van der Waals surface area contributed by atoms with Gasteiger partial charge in [0.05, 0.1) is 18.8 Å². The van der Waals surface area contributed by atoms with Crippen molar-refractivity contribution in [1.29, 1.82) is 0 Å². The fourth-order valence-corrected chi connectivity index (χ4v) is 2.55. The van der Waals surface area contributed by atoms with Gasteiger partial charge in [0.1, 0.15) is 6.10 Å². The van der Waals surface area contributed by atoms with E-state index in [1.165, 1.54) is 0 Å². The van der Waals surface area contributed by atoms with Crippen LogP contribution in [-0.4, -0.2) is 47.5 Å². The summed E-state index contributed by atoms with van der Waals surface area (Å²) in [7, 11) is 0. The molecule has 1 aliphatic rings. The average molecular weight is 295 g/mol. The molecular weight excluding hydrogens is 270 g/mol. The normalized spacial score (nSPS) is 23.9. The third-order valence-corrected chi connectivity index (χ3v) is 3.66. The van der Waals surface area contributed by atoms with Gasteiger partial charge in [0, 0.05) is 13.2 Å². The van der Waals surface area contributed by atoms with E-state index in [-0.39, 0.29) is 18.8 Å². The van der Waals surface area contributed by atoms with Gasteiger partial charge in [-0.25, -0.2) is 0 Å². The van der Waals surface area contributed by atoms with Crippen LogP contribution in [0.4, 0.5) is 0 Å². The zero-order chi connectivity index (χ0) is 15.3. The van der Waals surface area contributed by atoms with Gasteiger partial charge in [0.15, 0.2) is 5.79 Å². The van der Waals surface area contributed by atoms with Crippen molar-refractivity contribution in [2.24, 2.45) is 0 Å². The molecule has 5 heteroatoms. The molecule has 1 aliphatic heterocycles. The molecule has 0 amide bonds. The second-order valence-corrected chi connectivity index (χ2v) is 5.84. The fraction of sp³-hybridized carbons (Fsp3) is 0.625. The number of ether oxygens (including phenoxy) is 2. The van der Waals surface area contributed by atoms with E-state index in [0.717, 1.165) is 5.56 Å². The Morgan fingerprint density at radius 1 is 1.33 bits per heavy atom. The Morgan fingerprint density at radius 3 is 2.62 bits per heavy atom. The second-order valence-electron chi connectivity index (χ2n) is 5.84. The minimum Gasteiger partial charge on any atom is -0.396 e. The number of benzene rings is 1. The third-order valence-electron chi connectivity index (χ3n) is 3.66. The Labute approximate surface area is 125 Å². The van der Waals surface area contributed by atoms with Crippen molar-refractivity contribution < 1.29 is 19.7 Å². The molecule has 5 nitrogen and oxygen atoms in total. The van der Waals surface area contributed by atoms with Crippen LogP contribution < -0.4 is 5.32 Å². The van der Waals surface area contributed by atoms with Gasteiger partial charge in [-0.15, -0.1) is 0 Å². The second kappa shape index (κ2) is 7.33. The quantitative estimate of drug-likeness (QED) is 0.701. The van der Waals surface area contributed by atoms with E-state index >= 15 is 0 Å². The van der Waals surface area contributed by atoms with Crippen LogP contribution in [0.15, 0.2) is 30.3 Å². The van der Waals surface area contributed by atoms with Crippen molar-refractivity contribution in [1.82, 2.24) is 5.32 Å². The molecule has 3 N–H and O–H groups in total. The first-order chi connectivity index (χ1) is 10.0. The Morgan fingerprint density at radius 2 is 2.05 bits per heavy atom. The van der Waals surface area contributed by atoms with Crippen LogP contribution in [0.5, 0.6) is 0 Å². The maximum atomic E-state index is 10.3. The summed E-state index contributed by atoms with van der Waals surface area (Å²) in [5.74, 6) is -0.629. The number of hydrogen-bond donors (Lipinski definition) is 3. The molecule has 0 radical (unpaired) electrons. The Bertz CT molecular complexity index is 424. The minimum atomic E-state index is -0.679. The van der Waals surface area contributed by atoms with Gasteiger partial charge in [-0.2, -0.15) is 0 Å². The van der Waals surface area contributed by atoms with Crippen LogP contribution in [0, 0.1) is 0 Å². The highest BCUT2D eigenvalue weighted by molar-refractivity contribution is 5.14. The molecule has 0 unspecified atom stereocenters. The lowest BCUT2D eigenvalue weighted by atomic mass is 10.0. The molecule has 1 saturated heterocycles. The van der Waals surface area contributed by atoms with Crippen LogP contribution in [-0.2, 0) is 16.0 Å². The number of rotatable bonds is 7. The summed E-state index contributed by atoms with van der Waals surface area (Å²) in [4.78, 5) is 0. The molecule has 3 atom stereocenters. The number of nitrogens with one attached hydrogen (secondary N) is 1. The number of aliphatic hydroxyl groups is 2. The maximum Gasteiger partial charge on any atom is 0.163 e. The van der Waals surface area contributed by atoms with E-state index in [1.807, 2.05) is 44.2 Å². The van der Waals surface area contributed by atoms with Crippen molar-refractivity contribution in [3.05, 3.63) is 35.9 Å². The molecule has 1 fully saturated rings. The lowest BCUT2D eigenvalue weighted by molar-refractivity contribution is -0.145. The van der Waals surface area contributed by atoms with Crippen molar-refractivity contribution >= 4 is 0 Å². The first kappa shape index (κ1) is 16.4. The minimum absolute atomic E-state index is 0.0539. The summed E-state index contributed by atoms with van der Waals surface area (Å²) in [5.41, 5.74) is 1.14. The predicted molar refractivity (Wildman–Crippen MR) is 79.7 cm³/mol. The van der Waals surface area contributed by atoms with Crippen LogP contribution in [0.1, 0.15) is 25.8 Å². The lowest BCUT2D eigenvalue weighted by Gasteiger charge is -2.29. The van der Waals surface area contributed by atoms with Gasteiger partial charge < -0.3 is 25.0 Å². The van der Waals surface area contributed by atoms with Crippen LogP contribution >= 0.6 is 0 Å². The van der Waals surface area contributed by atoms with Gasteiger partial charge >= 0.3 is 0 Å². The molecule has 1 heterocycles. The molecule has 118 valence electrons. The van der Waals surface area contributed by atoms with Gasteiger partial charge in [-0.3, -0.25) is 0 Å². The van der Waals surface area contributed by atoms with Crippen molar-refractivity contribution in [3.63, 3.8) is 0 Å². The van der Waals surface area contributed by atoms with E-state index in [4.69, 9.17) is 14.6 Å². The molecule has 2 rings (SSSR count). The smallest absolute Gasteiger partial charge is 0.163 e. The molecule has 0 aliphatic carbocycles. The van der Waals surface area contributed by atoms with Gasteiger partial charge in [-0.05, 0) is 25.8 Å². The van der Waals surface area contributed by atoms with Crippen molar-refractivity contribution in [2.75, 3.05) is 13.2 Å². The standard InChI is InChI=1S/C16H25NO4/c1-16(2)20-11-14(21-16)15(13(19)8-9-18)17-10-12-6-4-3-5-7-12/h3-7,13-15,17-19H,8-11H2,1-2H3/t13-,14+,15+/m0/s1. The highest BCUT2D eigenvalue weighted by Crippen LogP contribution is 2.26.